The first-order chi connectivity index (χ1) is 11.2. The van der Waals surface area contributed by atoms with Gasteiger partial charge in [-0.1, -0.05) is 18.2 Å². The molecule has 6 nitrogen and oxygen atoms in total. The van der Waals surface area contributed by atoms with Crippen LogP contribution in [0.2, 0.25) is 0 Å². The molecule has 1 aromatic carbocycles. The van der Waals surface area contributed by atoms with Gasteiger partial charge >= 0.3 is 0 Å². The SMILES string of the molecule is COCCCNC(=O)C1CN(C(=O)c2c[nH]c3ccccc23)C1. The van der Waals surface area contributed by atoms with Crippen molar-refractivity contribution in [3.8, 4) is 0 Å². The maximum atomic E-state index is 12.5. The van der Waals surface area contributed by atoms with Crippen molar-refractivity contribution in [3.63, 3.8) is 0 Å². The van der Waals surface area contributed by atoms with Crippen LogP contribution in [0.3, 0.4) is 0 Å². The molecule has 2 amide bonds. The highest BCUT2D eigenvalue weighted by Crippen LogP contribution is 2.23. The maximum absolute atomic E-state index is 12.5. The molecular weight excluding hydrogens is 294 g/mol. The first-order valence-electron chi connectivity index (χ1n) is 7.82. The molecule has 1 saturated heterocycles. The Kier molecular flexibility index (Phi) is 4.62. The number of nitrogens with zero attached hydrogens (tertiary/aromatic N) is 1. The number of hydrogen-bond acceptors (Lipinski definition) is 3. The minimum Gasteiger partial charge on any atom is -0.385 e. The number of carbonyl (C=O) groups is 2. The molecule has 1 aliphatic rings. The minimum absolute atomic E-state index is 0.0177. The molecule has 2 heterocycles. The lowest BCUT2D eigenvalue weighted by molar-refractivity contribution is -0.129. The molecule has 1 fully saturated rings. The highest BCUT2D eigenvalue weighted by Gasteiger charge is 2.36. The van der Waals surface area contributed by atoms with Crippen LogP contribution in [0.25, 0.3) is 10.9 Å². The van der Waals surface area contributed by atoms with E-state index in [9.17, 15) is 9.59 Å². The highest BCUT2D eigenvalue weighted by atomic mass is 16.5. The Balaban J connectivity index is 1.53. The van der Waals surface area contributed by atoms with Crippen molar-refractivity contribution in [3.05, 3.63) is 36.0 Å². The molecule has 0 unspecified atom stereocenters. The van der Waals surface area contributed by atoms with E-state index >= 15 is 0 Å². The van der Waals surface area contributed by atoms with Gasteiger partial charge in [-0.05, 0) is 12.5 Å². The Bertz CT molecular complexity index is 704. The number of nitrogens with one attached hydrogen (secondary N) is 2. The molecule has 6 heteroatoms. The van der Waals surface area contributed by atoms with Gasteiger partial charge in [0.05, 0.1) is 11.5 Å². The molecule has 2 N–H and O–H groups in total. The van der Waals surface area contributed by atoms with E-state index in [2.05, 4.69) is 10.3 Å². The van der Waals surface area contributed by atoms with Crippen LogP contribution in [0.4, 0.5) is 0 Å². The van der Waals surface area contributed by atoms with E-state index < -0.39 is 0 Å². The third kappa shape index (κ3) is 3.22. The molecule has 0 bridgehead atoms. The lowest BCUT2D eigenvalue weighted by atomic mass is 9.97. The molecular formula is C17H21N3O3. The first kappa shape index (κ1) is 15.6. The first-order valence-corrected chi connectivity index (χ1v) is 7.82. The molecule has 0 spiro atoms. The molecule has 1 aliphatic heterocycles. The molecule has 3 rings (SSSR count). The largest absolute Gasteiger partial charge is 0.385 e. The topological polar surface area (TPSA) is 74.4 Å². The van der Waals surface area contributed by atoms with Gasteiger partial charge in [0.25, 0.3) is 5.91 Å². The van der Waals surface area contributed by atoms with E-state index in [1.54, 1.807) is 18.2 Å². The number of carbonyl (C=O) groups excluding carboxylic acids is 2. The number of hydrogen-bond donors (Lipinski definition) is 2. The Hall–Kier alpha value is -2.34. The van der Waals surface area contributed by atoms with Crippen LogP contribution in [0, 0.1) is 5.92 Å². The van der Waals surface area contributed by atoms with Crippen molar-refractivity contribution in [2.24, 2.45) is 5.92 Å². The van der Waals surface area contributed by atoms with Crippen LogP contribution in [0.1, 0.15) is 16.8 Å². The summed E-state index contributed by atoms with van der Waals surface area (Å²) in [5.74, 6) is -0.110. The third-order valence-corrected chi connectivity index (χ3v) is 4.18. The molecule has 0 aliphatic carbocycles. The Morgan fingerprint density at radius 1 is 1.35 bits per heavy atom. The van der Waals surface area contributed by atoms with Gasteiger partial charge in [-0.15, -0.1) is 0 Å². The highest BCUT2D eigenvalue weighted by molar-refractivity contribution is 6.07. The zero-order valence-electron chi connectivity index (χ0n) is 13.2. The number of para-hydroxylation sites is 1. The standard InChI is InChI=1S/C17H21N3O3/c1-23-8-4-7-18-16(21)12-10-20(11-12)17(22)14-9-19-15-6-3-2-5-13(14)15/h2-3,5-6,9,12,19H,4,7-8,10-11H2,1H3,(H,18,21). The van der Waals surface area contributed by atoms with E-state index in [0.29, 0.717) is 31.8 Å². The van der Waals surface area contributed by atoms with E-state index in [0.717, 1.165) is 17.3 Å². The second-order valence-corrected chi connectivity index (χ2v) is 5.79. The summed E-state index contributed by atoms with van der Waals surface area (Å²) in [4.78, 5) is 29.3. The Labute approximate surface area is 134 Å². The van der Waals surface area contributed by atoms with Gasteiger partial charge in [0, 0.05) is 50.5 Å². The Morgan fingerprint density at radius 3 is 2.91 bits per heavy atom. The average Bonchev–Trinajstić information content (AvgIpc) is 2.94. The van der Waals surface area contributed by atoms with E-state index in [1.807, 2.05) is 24.3 Å². The zero-order chi connectivity index (χ0) is 16.2. The van der Waals surface area contributed by atoms with Crippen molar-refractivity contribution in [1.82, 2.24) is 15.2 Å². The van der Waals surface area contributed by atoms with Crippen molar-refractivity contribution >= 4 is 22.7 Å². The predicted octanol–water partition coefficient (Wildman–Crippen LogP) is 1.39. The van der Waals surface area contributed by atoms with Gasteiger partial charge in [-0.3, -0.25) is 9.59 Å². The number of likely N-dealkylation sites (tertiary alicyclic amines) is 1. The summed E-state index contributed by atoms with van der Waals surface area (Å²) in [7, 11) is 1.64. The summed E-state index contributed by atoms with van der Waals surface area (Å²) < 4.78 is 4.94. The maximum Gasteiger partial charge on any atom is 0.256 e. The van der Waals surface area contributed by atoms with Crippen LogP contribution in [0.15, 0.2) is 30.5 Å². The smallest absolute Gasteiger partial charge is 0.256 e. The molecule has 2 aromatic rings. The second-order valence-electron chi connectivity index (χ2n) is 5.79. The lowest BCUT2D eigenvalue weighted by Crippen LogP contribution is -2.55. The number of H-pyrrole nitrogens is 1. The molecule has 0 saturated carbocycles. The molecule has 122 valence electrons. The van der Waals surface area contributed by atoms with Gasteiger partial charge < -0.3 is 19.9 Å². The van der Waals surface area contributed by atoms with Crippen LogP contribution >= 0.6 is 0 Å². The van der Waals surface area contributed by atoms with Crippen LogP contribution in [-0.4, -0.2) is 55.0 Å². The molecule has 23 heavy (non-hydrogen) atoms. The summed E-state index contributed by atoms with van der Waals surface area (Å²) in [6, 6.07) is 7.72. The monoisotopic (exact) mass is 315 g/mol. The fourth-order valence-electron chi connectivity index (χ4n) is 2.80. The van der Waals surface area contributed by atoms with Gasteiger partial charge in [0.1, 0.15) is 0 Å². The van der Waals surface area contributed by atoms with Crippen LogP contribution in [-0.2, 0) is 9.53 Å². The number of ether oxygens (including phenoxy) is 1. The fraction of sp³-hybridized carbons (Fsp3) is 0.412. The number of methoxy groups -OCH3 is 1. The number of amides is 2. The van der Waals surface area contributed by atoms with Crippen molar-refractivity contribution in [2.45, 2.75) is 6.42 Å². The summed E-state index contributed by atoms with van der Waals surface area (Å²) in [6.45, 7) is 2.21. The summed E-state index contributed by atoms with van der Waals surface area (Å²) in [6.07, 6.45) is 2.54. The summed E-state index contributed by atoms with van der Waals surface area (Å²) in [5.41, 5.74) is 1.61. The average molecular weight is 315 g/mol. The van der Waals surface area contributed by atoms with E-state index in [-0.39, 0.29) is 17.7 Å². The number of aromatic nitrogens is 1. The van der Waals surface area contributed by atoms with Gasteiger partial charge in [-0.25, -0.2) is 0 Å². The normalized spacial score (nSPS) is 14.7. The minimum atomic E-state index is -0.105. The quantitative estimate of drug-likeness (QED) is 0.791. The number of fused-ring (bicyclic) bond motifs is 1. The molecule has 0 atom stereocenters. The van der Waals surface area contributed by atoms with Crippen LogP contribution in [0.5, 0.6) is 0 Å². The van der Waals surface area contributed by atoms with Crippen molar-refractivity contribution in [1.29, 1.82) is 0 Å². The lowest BCUT2D eigenvalue weighted by Gasteiger charge is -2.38. The van der Waals surface area contributed by atoms with Crippen molar-refractivity contribution < 1.29 is 14.3 Å². The summed E-state index contributed by atoms with van der Waals surface area (Å²) in [5, 5.41) is 3.80. The molecule has 1 aromatic heterocycles. The second kappa shape index (κ2) is 6.83. The zero-order valence-corrected chi connectivity index (χ0v) is 13.2. The van der Waals surface area contributed by atoms with Crippen molar-refractivity contribution in [2.75, 3.05) is 33.4 Å². The molecule has 0 radical (unpaired) electrons. The summed E-state index contributed by atoms with van der Waals surface area (Å²) >= 11 is 0. The van der Waals surface area contributed by atoms with E-state index in [1.165, 1.54) is 0 Å². The van der Waals surface area contributed by atoms with Crippen LogP contribution < -0.4 is 5.32 Å². The number of aromatic amines is 1. The third-order valence-electron chi connectivity index (χ3n) is 4.18. The van der Waals surface area contributed by atoms with Gasteiger partial charge in [-0.2, -0.15) is 0 Å². The van der Waals surface area contributed by atoms with E-state index in [4.69, 9.17) is 4.74 Å². The van der Waals surface area contributed by atoms with Gasteiger partial charge in [0.2, 0.25) is 5.91 Å². The number of benzene rings is 1. The Morgan fingerprint density at radius 2 is 2.13 bits per heavy atom. The predicted molar refractivity (Wildman–Crippen MR) is 87.2 cm³/mol. The van der Waals surface area contributed by atoms with Gasteiger partial charge in [0.15, 0.2) is 0 Å². The fourth-order valence-corrected chi connectivity index (χ4v) is 2.80. The number of rotatable bonds is 6.